The zero-order chi connectivity index (χ0) is 10.8. The van der Waals surface area contributed by atoms with Crippen molar-refractivity contribution in [3.05, 3.63) is 29.8 Å². The Hall–Kier alpha value is -1.65. The van der Waals surface area contributed by atoms with Crippen LogP contribution in [0.3, 0.4) is 0 Å². The summed E-state index contributed by atoms with van der Waals surface area (Å²) >= 11 is 0. The fraction of sp³-hybridized carbons (Fsp3) is 0.222. The molecule has 0 aliphatic carbocycles. The van der Waals surface area contributed by atoms with Crippen LogP contribution in [0, 0.1) is 0 Å². The van der Waals surface area contributed by atoms with E-state index in [1.165, 1.54) is 25.3 Å². The molecule has 0 atom stereocenters. The molecule has 1 amide bonds. The van der Waals surface area contributed by atoms with Gasteiger partial charge in [-0.1, -0.05) is 12.1 Å². The predicted molar refractivity (Wildman–Crippen MR) is 46.1 cm³/mol. The van der Waals surface area contributed by atoms with E-state index < -0.39 is 17.4 Å². The van der Waals surface area contributed by atoms with Crippen LogP contribution >= 0.6 is 0 Å². The van der Waals surface area contributed by atoms with E-state index in [0.29, 0.717) is 0 Å². The number of carbonyl (C=O) groups is 1. The van der Waals surface area contributed by atoms with Crippen LogP contribution in [-0.2, 0) is 10.7 Å². The second-order valence-corrected chi connectivity index (χ2v) is 2.64. The highest BCUT2D eigenvalue weighted by Crippen LogP contribution is 2.34. The minimum Gasteiger partial charge on any atom is -0.496 e. The Bertz CT molecular complexity index is 352. The van der Waals surface area contributed by atoms with Gasteiger partial charge in [0.05, 0.1) is 12.7 Å². The van der Waals surface area contributed by atoms with Gasteiger partial charge in [0.25, 0.3) is 5.91 Å². The van der Waals surface area contributed by atoms with Crippen LogP contribution in [0.1, 0.15) is 5.56 Å². The van der Waals surface area contributed by atoms with Crippen LogP contribution in [0.25, 0.3) is 0 Å². The van der Waals surface area contributed by atoms with Crippen molar-refractivity contribution in [1.29, 1.82) is 0 Å². The number of carbonyl (C=O) groups excluding carboxylic acids is 1. The van der Waals surface area contributed by atoms with Crippen LogP contribution in [0.15, 0.2) is 24.3 Å². The zero-order valence-electron chi connectivity index (χ0n) is 7.46. The summed E-state index contributed by atoms with van der Waals surface area (Å²) in [6.07, 6.45) is 0. The fourth-order valence-corrected chi connectivity index (χ4v) is 1.04. The zero-order valence-corrected chi connectivity index (χ0v) is 7.46. The summed E-state index contributed by atoms with van der Waals surface area (Å²) < 4.78 is 31.0. The number of alkyl halides is 2. The Morgan fingerprint density at radius 3 is 2.50 bits per heavy atom. The Kier molecular flexibility index (Phi) is 2.69. The van der Waals surface area contributed by atoms with Crippen molar-refractivity contribution in [2.75, 3.05) is 7.11 Å². The van der Waals surface area contributed by atoms with E-state index in [2.05, 4.69) is 5.73 Å². The molecule has 0 saturated carbocycles. The van der Waals surface area contributed by atoms with E-state index in [0.717, 1.165) is 6.07 Å². The predicted octanol–water partition coefficient (Wildman–Crippen LogP) is 1.27. The molecule has 3 nitrogen and oxygen atoms in total. The molecule has 0 aliphatic rings. The van der Waals surface area contributed by atoms with E-state index in [1.54, 1.807) is 0 Å². The van der Waals surface area contributed by atoms with Gasteiger partial charge in [0.2, 0.25) is 0 Å². The topological polar surface area (TPSA) is 52.3 Å². The first-order chi connectivity index (χ1) is 6.50. The van der Waals surface area contributed by atoms with Crippen molar-refractivity contribution in [3.63, 3.8) is 0 Å². The molecule has 0 fully saturated rings. The largest absolute Gasteiger partial charge is 0.496 e. The highest BCUT2D eigenvalue weighted by atomic mass is 19.3. The minimum atomic E-state index is -3.70. The lowest BCUT2D eigenvalue weighted by molar-refractivity contribution is -0.143. The maximum absolute atomic E-state index is 13.2. The molecular formula is C9H9F2NO2. The summed E-state index contributed by atoms with van der Waals surface area (Å²) in [6.45, 7) is 0. The molecule has 0 spiro atoms. The van der Waals surface area contributed by atoms with Crippen molar-refractivity contribution in [1.82, 2.24) is 0 Å². The van der Waals surface area contributed by atoms with Gasteiger partial charge in [-0.05, 0) is 12.1 Å². The van der Waals surface area contributed by atoms with Gasteiger partial charge in [-0.3, -0.25) is 4.79 Å². The lowest BCUT2D eigenvalue weighted by atomic mass is 10.1. The fourth-order valence-electron chi connectivity index (χ4n) is 1.04. The van der Waals surface area contributed by atoms with Crippen molar-refractivity contribution in [2.45, 2.75) is 5.92 Å². The van der Waals surface area contributed by atoms with Crippen molar-refractivity contribution in [3.8, 4) is 5.75 Å². The first-order valence-electron chi connectivity index (χ1n) is 3.81. The molecule has 0 bridgehead atoms. The van der Waals surface area contributed by atoms with Gasteiger partial charge < -0.3 is 10.5 Å². The van der Waals surface area contributed by atoms with Crippen LogP contribution in [0.2, 0.25) is 0 Å². The van der Waals surface area contributed by atoms with E-state index in [9.17, 15) is 13.6 Å². The third kappa shape index (κ3) is 1.66. The van der Waals surface area contributed by atoms with Gasteiger partial charge in [0.15, 0.2) is 0 Å². The van der Waals surface area contributed by atoms with Gasteiger partial charge in [0.1, 0.15) is 5.75 Å². The molecule has 1 aromatic rings. The number of benzene rings is 1. The maximum atomic E-state index is 13.2. The third-order valence-electron chi connectivity index (χ3n) is 1.75. The first kappa shape index (κ1) is 10.4. The molecule has 0 radical (unpaired) electrons. The summed E-state index contributed by atoms with van der Waals surface area (Å²) in [5, 5.41) is 0. The van der Waals surface area contributed by atoms with Crippen LogP contribution in [0.4, 0.5) is 8.78 Å². The van der Waals surface area contributed by atoms with E-state index >= 15 is 0 Å². The van der Waals surface area contributed by atoms with E-state index in [-0.39, 0.29) is 5.75 Å². The summed E-state index contributed by atoms with van der Waals surface area (Å²) in [7, 11) is 1.25. The minimum absolute atomic E-state index is 0.0590. The molecule has 0 aromatic heterocycles. The number of primary amides is 1. The lowest BCUT2D eigenvalue weighted by Crippen LogP contribution is -2.33. The summed E-state index contributed by atoms with van der Waals surface area (Å²) in [5.74, 6) is -5.45. The number of halogens is 2. The number of hydrogen-bond acceptors (Lipinski definition) is 2. The number of amides is 1. The number of para-hydroxylation sites is 1. The van der Waals surface area contributed by atoms with Gasteiger partial charge in [-0.15, -0.1) is 0 Å². The molecule has 0 saturated heterocycles. The Morgan fingerprint density at radius 1 is 1.43 bits per heavy atom. The number of methoxy groups -OCH3 is 1. The molecule has 1 aromatic carbocycles. The monoisotopic (exact) mass is 201 g/mol. The summed E-state index contributed by atoms with van der Waals surface area (Å²) in [4.78, 5) is 10.5. The van der Waals surface area contributed by atoms with Gasteiger partial charge in [-0.25, -0.2) is 0 Å². The number of nitrogens with two attached hydrogens (primary N) is 1. The van der Waals surface area contributed by atoms with Crippen LogP contribution < -0.4 is 10.5 Å². The van der Waals surface area contributed by atoms with Crippen LogP contribution in [-0.4, -0.2) is 13.0 Å². The van der Waals surface area contributed by atoms with E-state index in [1.807, 2.05) is 0 Å². The van der Waals surface area contributed by atoms with Crippen LogP contribution in [0.5, 0.6) is 5.75 Å². The van der Waals surface area contributed by atoms with Gasteiger partial charge >= 0.3 is 5.92 Å². The normalized spacial score (nSPS) is 11.1. The third-order valence-corrected chi connectivity index (χ3v) is 1.75. The molecular weight excluding hydrogens is 192 g/mol. The number of hydrogen-bond donors (Lipinski definition) is 1. The van der Waals surface area contributed by atoms with Crippen molar-refractivity contribution < 1.29 is 18.3 Å². The average Bonchev–Trinajstić information content (AvgIpc) is 2.17. The number of ether oxygens (including phenoxy) is 1. The molecule has 0 aliphatic heterocycles. The molecule has 14 heavy (non-hydrogen) atoms. The highest BCUT2D eigenvalue weighted by molar-refractivity contribution is 5.83. The Balaban J connectivity index is 3.24. The quantitative estimate of drug-likeness (QED) is 0.800. The molecule has 0 unspecified atom stereocenters. The summed E-state index contributed by atoms with van der Waals surface area (Å²) in [6, 6.07) is 5.35. The summed E-state index contributed by atoms with van der Waals surface area (Å²) in [5.41, 5.74) is 4.06. The maximum Gasteiger partial charge on any atom is 0.353 e. The molecule has 5 heteroatoms. The van der Waals surface area contributed by atoms with Gasteiger partial charge in [0, 0.05) is 0 Å². The van der Waals surface area contributed by atoms with Crippen molar-refractivity contribution >= 4 is 5.91 Å². The molecule has 76 valence electrons. The first-order valence-corrected chi connectivity index (χ1v) is 3.81. The average molecular weight is 201 g/mol. The smallest absolute Gasteiger partial charge is 0.353 e. The van der Waals surface area contributed by atoms with Crippen molar-refractivity contribution in [2.24, 2.45) is 5.73 Å². The Morgan fingerprint density at radius 2 is 2.00 bits per heavy atom. The second-order valence-electron chi connectivity index (χ2n) is 2.64. The standard InChI is InChI=1S/C9H9F2NO2/c1-14-7-5-3-2-4-6(7)9(10,11)8(12)13/h2-5H,1H3,(H2,12,13). The molecule has 2 N–H and O–H groups in total. The molecule has 0 heterocycles. The Labute approximate surface area is 79.5 Å². The molecule has 1 rings (SSSR count). The highest BCUT2D eigenvalue weighted by Gasteiger charge is 2.41. The SMILES string of the molecule is COc1ccccc1C(F)(F)C(N)=O. The second kappa shape index (κ2) is 3.61. The number of rotatable bonds is 3. The van der Waals surface area contributed by atoms with Gasteiger partial charge in [-0.2, -0.15) is 8.78 Å². The lowest BCUT2D eigenvalue weighted by Gasteiger charge is -2.15. The van der Waals surface area contributed by atoms with E-state index in [4.69, 9.17) is 4.74 Å².